The van der Waals surface area contributed by atoms with Crippen molar-refractivity contribution < 1.29 is 9.53 Å². The number of nitrogens with one attached hydrogen (secondary N) is 2. The van der Waals surface area contributed by atoms with Crippen LogP contribution < -0.4 is 15.4 Å². The first-order valence-electron chi connectivity index (χ1n) is 6.98. The fraction of sp³-hybridized carbons (Fsp3) is 0.333. The van der Waals surface area contributed by atoms with Gasteiger partial charge in [0.15, 0.2) is 6.10 Å². The van der Waals surface area contributed by atoms with Crippen molar-refractivity contribution in [1.29, 1.82) is 0 Å². The molecule has 0 spiro atoms. The number of fused-ring (bicyclic) bond motifs is 1. The largest absolute Gasteiger partial charge is 0.477 e. The number of aromatic nitrogens is 2. The molecule has 1 aromatic heterocycles. The van der Waals surface area contributed by atoms with Crippen LogP contribution in [0.15, 0.2) is 36.5 Å². The third-order valence-corrected chi connectivity index (χ3v) is 3.38. The Morgan fingerprint density at radius 3 is 3.14 bits per heavy atom. The number of benzene rings is 1. The standard InChI is InChI=1S/C15H18N4O2/c1-19-9-7-11(18-19)6-8-16-15(20)14-10-17-12-4-2-3-5-13(12)21-14/h2-5,7,9,14,17H,6,8,10H2,1H3,(H,16,20). The number of amides is 1. The van der Waals surface area contributed by atoms with Gasteiger partial charge in [0.05, 0.1) is 17.9 Å². The average molecular weight is 286 g/mol. The molecule has 1 aromatic carbocycles. The first-order valence-corrected chi connectivity index (χ1v) is 6.98. The van der Waals surface area contributed by atoms with E-state index in [1.807, 2.05) is 43.6 Å². The molecule has 2 N–H and O–H groups in total. The van der Waals surface area contributed by atoms with Crippen LogP contribution in [0.1, 0.15) is 5.69 Å². The number of nitrogens with zero attached hydrogens (tertiary/aromatic N) is 2. The molecule has 0 saturated heterocycles. The Balaban J connectivity index is 1.50. The summed E-state index contributed by atoms with van der Waals surface area (Å²) < 4.78 is 7.46. The van der Waals surface area contributed by atoms with E-state index in [1.165, 1.54) is 0 Å². The van der Waals surface area contributed by atoms with Gasteiger partial charge in [-0.2, -0.15) is 5.10 Å². The number of carbonyl (C=O) groups is 1. The van der Waals surface area contributed by atoms with Gasteiger partial charge in [0, 0.05) is 26.2 Å². The number of rotatable bonds is 4. The molecule has 110 valence electrons. The van der Waals surface area contributed by atoms with E-state index in [2.05, 4.69) is 15.7 Å². The maximum atomic E-state index is 12.1. The second-order valence-electron chi connectivity index (χ2n) is 5.01. The minimum atomic E-state index is -0.497. The Morgan fingerprint density at radius 2 is 2.33 bits per heavy atom. The summed E-state index contributed by atoms with van der Waals surface area (Å²) in [6.07, 6.45) is 2.11. The molecule has 0 bridgehead atoms. The lowest BCUT2D eigenvalue weighted by Gasteiger charge is -2.26. The van der Waals surface area contributed by atoms with E-state index in [9.17, 15) is 4.79 Å². The number of carbonyl (C=O) groups excluding carboxylic acids is 1. The normalized spacial score (nSPS) is 16.5. The lowest BCUT2D eigenvalue weighted by Crippen LogP contribution is -2.45. The zero-order valence-corrected chi connectivity index (χ0v) is 11.9. The number of anilines is 1. The molecule has 1 aliphatic rings. The summed E-state index contributed by atoms with van der Waals surface area (Å²) in [6, 6.07) is 9.56. The average Bonchev–Trinajstić information content (AvgIpc) is 2.92. The minimum Gasteiger partial charge on any atom is -0.477 e. The fourth-order valence-corrected chi connectivity index (χ4v) is 2.28. The molecule has 6 nitrogen and oxygen atoms in total. The zero-order valence-electron chi connectivity index (χ0n) is 11.9. The van der Waals surface area contributed by atoms with E-state index < -0.39 is 6.10 Å². The Labute approximate surface area is 123 Å². The lowest BCUT2D eigenvalue weighted by atomic mass is 10.2. The number of ether oxygens (including phenoxy) is 1. The summed E-state index contributed by atoms with van der Waals surface area (Å²) in [5.41, 5.74) is 1.89. The molecule has 3 rings (SSSR count). The van der Waals surface area contributed by atoms with Gasteiger partial charge in [0.25, 0.3) is 5.91 Å². The Hall–Kier alpha value is -2.50. The van der Waals surface area contributed by atoms with Crippen molar-refractivity contribution in [2.24, 2.45) is 7.05 Å². The van der Waals surface area contributed by atoms with Crippen LogP contribution in [0.4, 0.5) is 5.69 Å². The third kappa shape index (κ3) is 3.16. The van der Waals surface area contributed by atoms with Gasteiger partial charge in [0.1, 0.15) is 5.75 Å². The second-order valence-corrected chi connectivity index (χ2v) is 5.01. The van der Waals surface area contributed by atoms with Crippen molar-refractivity contribution in [3.05, 3.63) is 42.2 Å². The Bertz CT molecular complexity index is 638. The van der Waals surface area contributed by atoms with Crippen molar-refractivity contribution >= 4 is 11.6 Å². The molecule has 1 atom stereocenters. The highest BCUT2D eigenvalue weighted by Crippen LogP contribution is 2.28. The van der Waals surface area contributed by atoms with Crippen LogP contribution in [0.3, 0.4) is 0 Å². The van der Waals surface area contributed by atoms with Crippen molar-refractivity contribution in [3.8, 4) is 5.75 Å². The van der Waals surface area contributed by atoms with Crippen LogP contribution in [0, 0.1) is 0 Å². The third-order valence-electron chi connectivity index (χ3n) is 3.38. The van der Waals surface area contributed by atoms with E-state index >= 15 is 0 Å². The fourth-order valence-electron chi connectivity index (χ4n) is 2.28. The SMILES string of the molecule is Cn1ccc(CCNC(=O)C2CNc3ccccc3O2)n1. The Morgan fingerprint density at radius 1 is 1.48 bits per heavy atom. The van der Waals surface area contributed by atoms with Crippen LogP contribution in [0.25, 0.3) is 0 Å². The van der Waals surface area contributed by atoms with Crippen LogP contribution >= 0.6 is 0 Å². The smallest absolute Gasteiger partial charge is 0.262 e. The van der Waals surface area contributed by atoms with Crippen molar-refractivity contribution in [2.75, 3.05) is 18.4 Å². The molecule has 0 fully saturated rings. The summed E-state index contributed by atoms with van der Waals surface area (Å²) in [4.78, 5) is 12.1. The highest BCUT2D eigenvalue weighted by Gasteiger charge is 2.25. The maximum Gasteiger partial charge on any atom is 0.262 e. The molecule has 6 heteroatoms. The van der Waals surface area contributed by atoms with Gasteiger partial charge in [-0.25, -0.2) is 0 Å². The van der Waals surface area contributed by atoms with Gasteiger partial charge in [0.2, 0.25) is 0 Å². The van der Waals surface area contributed by atoms with Crippen molar-refractivity contribution in [1.82, 2.24) is 15.1 Å². The monoisotopic (exact) mass is 286 g/mol. The van der Waals surface area contributed by atoms with Crippen LogP contribution in [0.5, 0.6) is 5.75 Å². The predicted octanol–water partition coefficient (Wildman–Crippen LogP) is 0.952. The van der Waals surface area contributed by atoms with Gasteiger partial charge in [-0.05, 0) is 18.2 Å². The molecule has 1 aliphatic heterocycles. The minimum absolute atomic E-state index is 0.104. The molecule has 21 heavy (non-hydrogen) atoms. The molecule has 2 aromatic rings. The molecular formula is C15H18N4O2. The van der Waals surface area contributed by atoms with E-state index in [-0.39, 0.29) is 5.91 Å². The molecule has 2 heterocycles. The summed E-state index contributed by atoms with van der Waals surface area (Å²) in [7, 11) is 1.88. The maximum absolute atomic E-state index is 12.1. The quantitative estimate of drug-likeness (QED) is 0.878. The zero-order chi connectivity index (χ0) is 14.7. The number of aryl methyl sites for hydroxylation is 1. The van der Waals surface area contributed by atoms with Gasteiger partial charge in [-0.15, -0.1) is 0 Å². The van der Waals surface area contributed by atoms with Crippen molar-refractivity contribution in [3.63, 3.8) is 0 Å². The summed E-state index contributed by atoms with van der Waals surface area (Å²) in [5.74, 6) is 0.613. The highest BCUT2D eigenvalue weighted by atomic mass is 16.5. The molecule has 1 unspecified atom stereocenters. The molecule has 0 aliphatic carbocycles. The molecule has 1 amide bonds. The van der Waals surface area contributed by atoms with Gasteiger partial charge in [-0.3, -0.25) is 9.48 Å². The second kappa shape index (κ2) is 5.87. The summed E-state index contributed by atoms with van der Waals surface area (Å²) in [5, 5.41) is 10.4. The molecular weight excluding hydrogens is 268 g/mol. The van der Waals surface area contributed by atoms with Crippen LogP contribution in [-0.2, 0) is 18.3 Å². The predicted molar refractivity (Wildman–Crippen MR) is 79.3 cm³/mol. The number of hydrogen-bond donors (Lipinski definition) is 2. The van der Waals surface area contributed by atoms with E-state index in [1.54, 1.807) is 4.68 Å². The number of para-hydroxylation sites is 2. The lowest BCUT2D eigenvalue weighted by molar-refractivity contribution is -0.127. The van der Waals surface area contributed by atoms with Crippen molar-refractivity contribution in [2.45, 2.75) is 12.5 Å². The topological polar surface area (TPSA) is 68.2 Å². The summed E-state index contributed by atoms with van der Waals surface area (Å²) in [6.45, 7) is 1.03. The summed E-state index contributed by atoms with van der Waals surface area (Å²) >= 11 is 0. The highest BCUT2D eigenvalue weighted by molar-refractivity contribution is 5.83. The number of hydrogen-bond acceptors (Lipinski definition) is 4. The first kappa shape index (κ1) is 13.5. The molecule has 0 saturated carbocycles. The first-order chi connectivity index (χ1) is 10.2. The van der Waals surface area contributed by atoms with E-state index in [4.69, 9.17) is 4.74 Å². The van der Waals surface area contributed by atoms with Gasteiger partial charge in [-0.1, -0.05) is 12.1 Å². The van der Waals surface area contributed by atoms with Gasteiger partial charge < -0.3 is 15.4 Å². The van der Waals surface area contributed by atoms with Crippen LogP contribution in [-0.4, -0.2) is 34.9 Å². The van der Waals surface area contributed by atoms with E-state index in [0.717, 1.165) is 11.4 Å². The van der Waals surface area contributed by atoms with Crippen LogP contribution in [0.2, 0.25) is 0 Å². The Kier molecular flexibility index (Phi) is 3.77. The van der Waals surface area contributed by atoms with Gasteiger partial charge >= 0.3 is 0 Å². The van der Waals surface area contributed by atoms with E-state index in [0.29, 0.717) is 25.3 Å². The molecule has 0 radical (unpaired) electrons.